The van der Waals surface area contributed by atoms with Gasteiger partial charge in [-0.2, -0.15) is 11.3 Å². The summed E-state index contributed by atoms with van der Waals surface area (Å²) in [7, 11) is 0. The van der Waals surface area contributed by atoms with Crippen LogP contribution in [-0.2, 0) is 16.0 Å². The van der Waals surface area contributed by atoms with E-state index in [1.165, 1.54) is 5.56 Å². The van der Waals surface area contributed by atoms with Crippen molar-refractivity contribution in [2.75, 3.05) is 13.2 Å². The van der Waals surface area contributed by atoms with E-state index >= 15 is 0 Å². The Bertz CT molecular complexity index is 331. The molecule has 3 nitrogen and oxygen atoms in total. The summed E-state index contributed by atoms with van der Waals surface area (Å²) in [5.41, 5.74) is 1.29. The van der Waals surface area contributed by atoms with Gasteiger partial charge in [0.1, 0.15) is 0 Å². The van der Waals surface area contributed by atoms with Gasteiger partial charge in [0.05, 0.1) is 12.5 Å². The molecule has 4 heteroatoms. The molecule has 88 valence electrons. The molecule has 1 N–H and O–H groups in total. The maximum Gasteiger partial charge on any atom is 0.225 e. The number of hydrogen-bond donors (Lipinski definition) is 1. The van der Waals surface area contributed by atoms with E-state index in [0.717, 1.165) is 19.4 Å². The lowest BCUT2D eigenvalue weighted by molar-refractivity contribution is -0.125. The Balaban J connectivity index is 1.78. The smallest absolute Gasteiger partial charge is 0.225 e. The zero-order valence-corrected chi connectivity index (χ0v) is 10.3. The number of ether oxygens (including phenoxy) is 1. The fourth-order valence-electron chi connectivity index (χ4n) is 1.92. The molecule has 0 spiro atoms. The average molecular weight is 239 g/mol. The summed E-state index contributed by atoms with van der Waals surface area (Å²) >= 11 is 1.69. The van der Waals surface area contributed by atoms with Crippen molar-refractivity contribution >= 4 is 17.2 Å². The van der Waals surface area contributed by atoms with Crippen LogP contribution in [0.15, 0.2) is 16.8 Å². The minimum atomic E-state index is 0.0601. The van der Waals surface area contributed by atoms with E-state index in [9.17, 15) is 4.79 Å². The second-order valence-electron chi connectivity index (χ2n) is 4.31. The van der Waals surface area contributed by atoms with Crippen LogP contribution in [0.5, 0.6) is 0 Å². The van der Waals surface area contributed by atoms with E-state index in [0.29, 0.717) is 6.61 Å². The first-order chi connectivity index (χ1) is 7.75. The van der Waals surface area contributed by atoms with Crippen molar-refractivity contribution < 1.29 is 9.53 Å². The van der Waals surface area contributed by atoms with Gasteiger partial charge in [0, 0.05) is 12.6 Å². The molecule has 2 rings (SSSR count). The molecule has 0 radical (unpaired) electrons. The van der Waals surface area contributed by atoms with E-state index < -0.39 is 0 Å². The molecule has 2 atom stereocenters. The van der Waals surface area contributed by atoms with Crippen LogP contribution in [0.25, 0.3) is 0 Å². The zero-order valence-electron chi connectivity index (χ0n) is 9.44. The standard InChI is InChI=1S/C12H17NO2S/c1-9(6-10-3-5-16-8-10)13-12(14)11-2-4-15-7-11/h3,5,8-9,11H,2,4,6-7H2,1H3,(H,13,14). The van der Waals surface area contributed by atoms with Crippen molar-refractivity contribution in [3.8, 4) is 0 Å². The van der Waals surface area contributed by atoms with E-state index in [1.54, 1.807) is 11.3 Å². The molecule has 1 aliphatic heterocycles. The Morgan fingerprint density at radius 2 is 2.62 bits per heavy atom. The predicted octanol–water partition coefficient (Wildman–Crippen LogP) is 1.83. The fourth-order valence-corrected chi connectivity index (χ4v) is 2.60. The van der Waals surface area contributed by atoms with Crippen LogP contribution in [0, 0.1) is 5.92 Å². The van der Waals surface area contributed by atoms with Crippen molar-refractivity contribution in [3.63, 3.8) is 0 Å². The number of nitrogens with one attached hydrogen (secondary N) is 1. The van der Waals surface area contributed by atoms with Crippen molar-refractivity contribution in [1.29, 1.82) is 0 Å². The van der Waals surface area contributed by atoms with Crippen LogP contribution in [0.3, 0.4) is 0 Å². The molecule has 0 saturated carbocycles. The average Bonchev–Trinajstić information content (AvgIpc) is 2.88. The largest absolute Gasteiger partial charge is 0.381 e. The molecule has 1 aromatic rings. The van der Waals surface area contributed by atoms with E-state index in [2.05, 4.69) is 22.1 Å². The first-order valence-corrected chi connectivity index (χ1v) is 6.59. The highest BCUT2D eigenvalue weighted by Gasteiger charge is 2.24. The lowest BCUT2D eigenvalue weighted by Gasteiger charge is -2.15. The van der Waals surface area contributed by atoms with Crippen molar-refractivity contribution in [2.24, 2.45) is 5.92 Å². The van der Waals surface area contributed by atoms with Crippen molar-refractivity contribution in [3.05, 3.63) is 22.4 Å². The molecule has 1 fully saturated rings. The van der Waals surface area contributed by atoms with E-state index in [1.807, 2.05) is 6.92 Å². The molecule has 16 heavy (non-hydrogen) atoms. The van der Waals surface area contributed by atoms with Gasteiger partial charge in [0.25, 0.3) is 0 Å². The Morgan fingerprint density at radius 3 is 3.25 bits per heavy atom. The SMILES string of the molecule is CC(Cc1ccsc1)NC(=O)C1CCOC1. The van der Waals surface area contributed by atoms with Gasteiger partial charge in [-0.3, -0.25) is 4.79 Å². The maximum absolute atomic E-state index is 11.8. The third-order valence-corrected chi connectivity index (χ3v) is 3.54. The molecular formula is C12H17NO2S. The number of hydrogen-bond acceptors (Lipinski definition) is 3. The minimum Gasteiger partial charge on any atom is -0.381 e. The van der Waals surface area contributed by atoms with Gasteiger partial charge in [-0.05, 0) is 42.2 Å². The van der Waals surface area contributed by atoms with Gasteiger partial charge in [-0.15, -0.1) is 0 Å². The lowest BCUT2D eigenvalue weighted by Crippen LogP contribution is -2.38. The fraction of sp³-hybridized carbons (Fsp3) is 0.583. The van der Waals surface area contributed by atoms with Crippen LogP contribution in [0.4, 0.5) is 0 Å². The highest BCUT2D eigenvalue weighted by atomic mass is 32.1. The number of amides is 1. The third-order valence-electron chi connectivity index (χ3n) is 2.81. The van der Waals surface area contributed by atoms with E-state index in [4.69, 9.17) is 4.74 Å². The van der Waals surface area contributed by atoms with Crippen LogP contribution in [0.2, 0.25) is 0 Å². The molecule has 1 amide bonds. The summed E-state index contributed by atoms with van der Waals surface area (Å²) in [6.07, 6.45) is 1.76. The van der Waals surface area contributed by atoms with Crippen LogP contribution in [0.1, 0.15) is 18.9 Å². The third kappa shape index (κ3) is 3.06. The highest BCUT2D eigenvalue weighted by Crippen LogP contribution is 2.13. The van der Waals surface area contributed by atoms with Gasteiger partial charge in [-0.1, -0.05) is 0 Å². The molecule has 0 aromatic carbocycles. The van der Waals surface area contributed by atoms with Gasteiger partial charge in [-0.25, -0.2) is 0 Å². The molecule has 1 aliphatic rings. The topological polar surface area (TPSA) is 38.3 Å². The molecule has 2 heterocycles. The van der Waals surface area contributed by atoms with Crippen molar-refractivity contribution in [1.82, 2.24) is 5.32 Å². The summed E-state index contributed by atoms with van der Waals surface area (Å²) in [5, 5.41) is 7.24. The lowest BCUT2D eigenvalue weighted by atomic mass is 10.1. The van der Waals surface area contributed by atoms with Crippen LogP contribution in [-0.4, -0.2) is 25.2 Å². The Kier molecular flexibility index (Phi) is 3.96. The summed E-state index contributed by atoms with van der Waals surface area (Å²) in [5.74, 6) is 0.199. The second-order valence-corrected chi connectivity index (χ2v) is 5.09. The Hall–Kier alpha value is -0.870. The Morgan fingerprint density at radius 1 is 1.75 bits per heavy atom. The quantitative estimate of drug-likeness (QED) is 0.870. The molecule has 2 unspecified atom stereocenters. The first kappa shape index (κ1) is 11.6. The zero-order chi connectivity index (χ0) is 11.4. The first-order valence-electron chi connectivity index (χ1n) is 5.65. The summed E-state index contributed by atoms with van der Waals surface area (Å²) in [6.45, 7) is 3.35. The number of carbonyl (C=O) groups excluding carboxylic acids is 1. The minimum absolute atomic E-state index is 0.0601. The van der Waals surface area contributed by atoms with Gasteiger partial charge in [0.15, 0.2) is 0 Å². The number of thiophene rings is 1. The van der Waals surface area contributed by atoms with Crippen LogP contribution < -0.4 is 5.32 Å². The monoisotopic (exact) mass is 239 g/mol. The predicted molar refractivity (Wildman–Crippen MR) is 64.6 cm³/mol. The van der Waals surface area contributed by atoms with Gasteiger partial charge >= 0.3 is 0 Å². The van der Waals surface area contributed by atoms with E-state index in [-0.39, 0.29) is 17.9 Å². The number of rotatable bonds is 4. The Labute approximate surface area is 99.8 Å². The van der Waals surface area contributed by atoms with Crippen molar-refractivity contribution in [2.45, 2.75) is 25.8 Å². The maximum atomic E-state index is 11.8. The summed E-state index contributed by atoms with van der Waals surface area (Å²) in [6, 6.07) is 2.30. The van der Waals surface area contributed by atoms with Gasteiger partial charge < -0.3 is 10.1 Å². The summed E-state index contributed by atoms with van der Waals surface area (Å²) < 4.78 is 5.21. The molecule has 0 bridgehead atoms. The molecule has 1 saturated heterocycles. The van der Waals surface area contributed by atoms with Crippen LogP contribution >= 0.6 is 11.3 Å². The molecular weight excluding hydrogens is 222 g/mol. The highest BCUT2D eigenvalue weighted by molar-refractivity contribution is 7.07. The second kappa shape index (κ2) is 5.46. The normalized spacial score (nSPS) is 21.9. The molecule has 1 aromatic heterocycles. The van der Waals surface area contributed by atoms with Gasteiger partial charge in [0.2, 0.25) is 5.91 Å². The molecule has 0 aliphatic carbocycles. The summed E-state index contributed by atoms with van der Waals surface area (Å²) in [4.78, 5) is 11.8. The number of carbonyl (C=O) groups is 1.